The van der Waals surface area contributed by atoms with Crippen molar-refractivity contribution in [3.05, 3.63) is 241 Å². The van der Waals surface area contributed by atoms with Gasteiger partial charge in [-0.2, -0.15) is 0 Å². The normalized spacial score (nSPS) is 14.1. The number of hydrogen-bond acceptors (Lipinski definition) is 4. The van der Waals surface area contributed by atoms with E-state index in [9.17, 15) is 0 Å². The van der Waals surface area contributed by atoms with Crippen LogP contribution in [0.4, 0.5) is 51.2 Å². The molecule has 368 valence electrons. The van der Waals surface area contributed by atoms with Gasteiger partial charge < -0.3 is 19.1 Å². The monoisotopic (exact) mass is 981 g/mol. The number of furan rings is 1. The molecule has 3 aliphatic rings. The first-order valence-corrected chi connectivity index (χ1v) is 26.9. The average molecular weight is 982 g/mol. The molecule has 1 aromatic heterocycles. The molecule has 0 atom stereocenters. The van der Waals surface area contributed by atoms with Crippen LogP contribution in [0.15, 0.2) is 223 Å². The van der Waals surface area contributed by atoms with Crippen LogP contribution in [0.5, 0.6) is 0 Å². The highest BCUT2D eigenvalue weighted by Gasteiger charge is 2.46. The van der Waals surface area contributed by atoms with Crippen molar-refractivity contribution in [1.29, 1.82) is 0 Å². The number of para-hydroxylation sites is 1. The van der Waals surface area contributed by atoms with Crippen LogP contribution in [-0.4, -0.2) is 6.71 Å². The molecule has 76 heavy (non-hydrogen) atoms. The summed E-state index contributed by atoms with van der Waals surface area (Å²) in [5.74, 6) is 0. The van der Waals surface area contributed by atoms with E-state index >= 15 is 0 Å². The van der Waals surface area contributed by atoms with E-state index in [1.165, 1.54) is 72.4 Å². The summed E-state index contributed by atoms with van der Waals surface area (Å²) in [6, 6.07) is 81.8. The third-order valence-corrected chi connectivity index (χ3v) is 16.8. The second-order valence-electron chi connectivity index (χ2n) is 23.8. The number of benzene rings is 10. The van der Waals surface area contributed by atoms with Crippen molar-refractivity contribution < 1.29 is 4.42 Å². The average Bonchev–Trinajstić information content (AvgIpc) is 4.08. The van der Waals surface area contributed by atoms with Gasteiger partial charge in [0, 0.05) is 67.4 Å². The van der Waals surface area contributed by atoms with E-state index in [0.29, 0.717) is 0 Å². The Morgan fingerprint density at radius 1 is 0.408 bits per heavy atom. The molecule has 14 rings (SSSR count). The molecule has 0 radical (unpaired) electrons. The van der Waals surface area contributed by atoms with Crippen LogP contribution in [0, 0.1) is 0 Å². The van der Waals surface area contributed by atoms with Gasteiger partial charge in [-0.15, -0.1) is 0 Å². The standard InChI is InChI=1S/C71H60BN3O/c1-69(2,3)47-28-32-49(33-29-47)74-62-25-17-26-63-68(62)72(61-43-56-54-22-12-14-24-58(54)71(7,8)59(56)44-65(61)75(63)50-34-30-48(31-35-50)70(4,5)6)60-38-36-53(42-64(60)74)73(51-21-16-20-46(40-51)45-18-10-9-11-19-45)52-37-39-67-57(41-52)55-23-13-15-27-66(55)76-67/h9-44H,1-8H3. The highest BCUT2D eigenvalue weighted by Crippen LogP contribution is 2.53. The van der Waals surface area contributed by atoms with Crippen molar-refractivity contribution in [3.63, 3.8) is 0 Å². The molecule has 4 nitrogen and oxygen atoms in total. The van der Waals surface area contributed by atoms with E-state index in [0.717, 1.165) is 61.6 Å². The Balaban J connectivity index is 1.04. The molecule has 0 amide bonds. The van der Waals surface area contributed by atoms with Gasteiger partial charge in [0.1, 0.15) is 11.2 Å². The maximum Gasteiger partial charge on any atom is 0.252 e. The zero-order valence-electron chi connectivity index (χ0n) is 44.6. The maximum atomic E-state index is 6.43. The minimum Gasteiger partial charge on any atom is -0.456 e. The molecule has 0 saturated carbocycles. The first-order valence-electron chi connectivity index (χ1n) is 26.9. The summed E-state index contributed by atoms with van der Waals surface area (Å²) in [4.78, 5) is 7.54. The highest BCUT2D eigenvalue weighted by atomic mass is 16.3. The van der Waals surface area contributed by atoms with Crippen molar-refractivity contribution >= 4 is 96.2 Å². The van der Waals surface area contributed by atoms with Crippen molar-refractivity contribution in [2.75, 3.05) is 14.7 Å². The molecule has 0 spiro atoms. The van der Waals surface area contributed by atoms with Gasteiger partial charge in [-0.05, 0) is 163 Å². The Labute approximate surface area is 447 Å². The fourth-order valence-corrected chi connectivity index (χ4v) is 12.8. The van der Waals surface area contributed by atoms with Crippen LogP contribution >= 0.6 is 0 Å². The molecule has 0 N–H and O–H groups in total. The van der Waals surface area contributed by atoms with Crippen molar-refractivity contribution in [2.45, 2.75) is 71.6 Å². The lowest BCUT2D eigenvalue weighted by molar-refractivity contribution is 0.590. The minimum atomic E-state index is -0.173. The first kappa shape index (κ1) is 46.0. The molecular formula is C71H60BN3O. The Morgan fingerprint density at radius 3 is 1.67 bits per heavy atom. The van der Waals surface area contributed by atoms with Crippen LogP contribution in [0.1, 0.15) is 77.6 Å². The van der Waals surface area contributed by atoms with E-state index in [4.69, 9.17) is 4.42 Å². The summed E-state index contributed by atoms with van der Waals surface area (Å²) in [5, 5.41) is 2.19. The van der Waals surface area contributed by atoms with Gasteiger partial charge in [0.05, 0.1) is 0 Å². The van der Waals surface area contributed by atoms with Gasteiger partial charge in [-0.25, -0.2) is 0 Å². The van der Waals surface area contributed by atoms with Gasteiger partial charge in [-0.3, -0.25) is 0 Å². The fraction of sp³-hybridized carbons (Fsp3) is 0.155. The number of hydrogen-bond donors (Lipinski definition) is 0. The summed E-state index contributed by atoms with van der Waals surface area (Å²) in [6.45, 7) is 18.5. The molecule has 0 saturated heterocycles. The zero-order chi connectivity index (χ0) is 51.8. The molecule has 2 aliphatic heterocycles. The Bertz CT molecular complexity index is 4120. The SMILES string of the molecule is CC(C)(C)c1ccc(N2c3cc(N(c4cccc(-c5ccccc5)c4)c4ccc5oc6ccccc6c5c4)ccc3B3c4cc5c(cc4N(c4ccc(C(C)(C)C)cc4)c4cccc2c43)C(C)(C)c2ccccc2-5)cc1. The second-order valence-corrected chi connectivity index (χ2v) is 23.8. The summed E-state index contributed by atoms with van der Waals surface area (Å²) >= 11 is 0. The first-order chi connectivity index (χ1) is 36.7. The third kappa shape index (κ3) is 7.12. The minimum absolute atomic E-state index is 0.00108. The van der Waals surface area contributed by atoms with Gasteiger partial charge in [-0.1, -0.05) is 183 Å². The number of anilines is 9. The Kier molecular flexibility index (Phi) is 10.1. The Morgan fingerprint density at radius 2 is 0.974 bits per heavy atom. The second kappa shape index (κ2) is 16.7. The largest absolute Gasteiger partial charge is 0.456 e. The van der Waals surface area contributed by atoms with Crippen LogP contribution in [0.2, 0.25) is 0 Å². The fourth-order valence-electron chi connectivity index (χ4n) is 12.8. The predicted octanol–water partition coefficient (Wildman–Crippen LogP) is 17.7. The van der Waals surface area contributed by atoms with Gasteiger partial charge in [0.15, 0.2) is 0 Å². The molecule has 1 aliphatic carbocycles. The molecule has 0 fully saturated rings. The van der Waals surface area contributed by atoms with Crippen LogP contribution in [-0.2, 0) is 16.2 Å². The van der Waals surface area contributed by atoms with Gasteiger partial charge in [0.2, 0.25) is 0 Å². The molecule has 11 aromatic rings. The third-order valence-electron chi connectivity index (χ3n) is 16.8. The molecule has 0 bridgehead atoms. The Hall–Kier alpha value is -8.54. The molecule has 0 unspecified atom stereocenters. The van der Waals surface area contributed by atoms with Crippen molar-refractivity contribution in [1.82, 2.24) is 0 Å². The van der Waals surface area contributed by atoms with Crippen molar-refractivity contribution in [3.8, 4) is 22.3 Å². The lowest BCUT2D eigenvalue weighted by Gasteiger charge is -2.45. The number of nitrogens with zero attached hydrogens (tertiary/aromatic N) is 3. The van der Waals surface area contributed by atoms with E-state index in [1.807, 2.05) is 6.07 Å². The molecular weight excluding hydrogens is 922 g/mol. The summed E-state index contributed by atoms with van der Waals surface area (Å²) in [6.07, 6.45) is 0. The quantitative estimate of drug-likeness (QED) is 0.155. The lowest BCUT2D eigenvalue weighted by Crippen LogP contribution is -2.61. The number of rotatable bonds is 6. The smallest absolute Gasteiger partial charge is 0.252 e. The molecule has 3 heterocycles. The van der Waals surface area contributed by atoms with E-state index < -0.39 is 0 Å². The van der Waals surface area contributed by atoms with Crippen LogP contribution < -0.4 is 31.1 Å². The van der Waals surface area contributed by atoms with Crippen LogP contribution in [0.25, 0.3) is 44.2 Å². The summed E-state index contributed by atoms with van der Waals surface area (Å²) in [7, 11) is 0. The van der Waals surface area contributed by atoms with E-state index in [-0.39, 0.29) is 23.0 Å². The topological polar surface area (TPSA) is 22.9 Å². The lowest BCUT2D eigenvalue weighted by atomic mass is 9.33. The van der Waals surface area contributed by atoms with Gasteiger partial charge >= 0.3 is 0 Å². The molecule has 10 aromatic carbocycles. The van der Waals surface area contributed by atoms with Crippen molar-refractivity contribution in [2.24, 2.45) is 0 Å². The summed E-state index contributed by atoms with van der Waals surface area (Å²) in [5.41, 5.74) is 26.1. The van der Waals surface area contributed by atoms with Crippen LogP contribution in [0.3, 0.4) is 0 Å². The molecule has 5 heteroatoms. The zero-order valence-corrected chi connectivity index (χ0v) is 44.6. The summed E-state index contributed by atoms with van der Waals surface area (Å²) < 4.78 is 6.43. The van der Waals surface area contributed by atoms with Gasteiger partial charge in [0.25, 0.3) is 6.71 Å². The van der Waals surface area contributed by atoms with E-state index in [1.54, 1.807) is 0 Å². The highest BCUT2D eigenvalue weighted by molar-refractivity contribution is 7.00. The maximum absolute atomic E-state index is 6.43. The number of fused-ring (bicyclic) bond motifs is 10. The van der Waals surface area contributed by atoms with E-state index in [2.05, 4.69) is 282 Å². The predicted molar refractivity (Wildman–Crippen MR) is 323 cm³/mol.